The lowest BCUT2D eigenvalue weighted by Crippen LogP contribution is -1.97. The van der Waals surface area contributed by atoms with Gasteiger partial charge >= 0.3 is 5.97 Å². The average molecular weight is 293 g/mol. The van der Waals surface area contributed by atoms with Crippen LogP contribution < -0.4 is 0 Å². The fourth-order valence-corrected chi connectivity index (χ4v) is 3.17. The molecule has 2 rings (SSSR count). The van der Waals surface area contributed by atoms with E-state index in [1.165, 1.54) is 4.90 Å². The van der Waals surface area contributed by atoms with Gasteiger partial charge in [-0.25, -0.2) is 4.98 Å². The lowest BCUT2D eigenvalue weighted by molar-refractivity contribution is -0.136. The van der Waals surface area contributed by atoms with Crippen molar-refractivity contribution >= 4 is 29.1 Å². The number of hydrogen-bond donors (Lipinski definition) is 1. The molecule has 0 unspecified atom stereocenters. The second-order valence-corrected chi connectivity index (χ2v) is 6.19. The number of carboxylic acid groups (broad SMARTS) is 1. The molecule has 0 atom stereocenters. The first-order valence-corrected chi connectivity index (χ1v) is 7.95. The van der Waals surface area contributed by atoms with Crippen LogP contribution in [0, 0.1) is 0 Å². The van der Waals surface area contributed by atoms with Gasteiger partial charge in [-0.2, -0.15) is 0 Å². The minimum atomic E-state index is -0.782. The third-order valence-corrected chi connectivity index (χ3v) is 4.39. The molecule has 2 aromatic rings. The van der Waals surface area contributed by atoms with Crippen molar-refractivity contribution in [3.63, 3.8) is 0 Å². The average Bonchev–Trinajstić information content (AvgIpc) is 2.86. The Morgan fingerprint density at radius 1 is 1.37 bits per heavy atom. The van der Waals surface area contributed by atoms with E-state index in [4.69, 9.17) is 5.11 Å². The Balaban J connectivity index is 2.07. The largest absolute Gasteiger partial charge is 0.481 e. The summed E-state index contributed by atoms with van der Waals surface area (Å²) < 4.78 is 0. The zero-order chi connectivity index (χ0) is 13.7. The van der Waals surface area contributed by atoms with Crippen LogP contribution in [0.1, 0.15) is 19.0 Å². The molecule has 3 nitrogen and oxygen atoms in total. The fourth-order valence-electron chi connectivity index (χ4n) is 1.65. The maximum Gasteiger partial charge on any atom is 0.303 e. The van der Waals surface area contributed by atoms with Crippen LogP contribution in [-0.4, -0.2) is 21.8 Å². The highest BCUT2D eigenvalue weighted by molar-refractivity contribution is 7.99. The molecule has 0 amide bonds. The topological polar surface area (TPSA) is 50.2 Å². The van der Waals surface area contributed by atoms with E-state index in [0.29, 0.717) is 6.42 Å². The van der Waals surface area contributed by atoms with Crippen molar-refractivity contribution in [1.82, 2.24) is 4.98 Å². The third-order valence-electron chi connectivity index (χ3n) is 2.56. The number of carboxylic acids is 1. The number of aliphatic carboxylic acids is 1. The first-order chi connectivity index (χ1) is 9.19. The zero-order valence-corrected chi connectivity index (χ0v) is 12.3. The Morgan fingerprint density at radius 2 is 2.11 bits per heavy atom. The van der Waals surface area contributed by atoms with Crippen LogP contribution in [0.25, 0.3) is 10.6 Å². The van der Waals surface area contributed by atoms with Gasteiger partial charge in [0.2, 0.25) is 0 Å². The predicted molar refractivity (Wildman–Crippen MR) is 79.9 cm³/mol. The van der Waals surface area contributed by atoms with Gasteiger partial charge in [0.05, 0.1) is 12.1 Å². The van der Waals surface area contributed by atoms with E-state index in [9.17, 15) is 4.79 Å². The van der Waals surface area contributed by atoms with Gasteiger partial charge in [0, 0.05) is 22.3 Å². The van der Waals surface area contributed by atoms with Gasteiger partial charge in [-0.1, -0.05) is 19.1 Å². The van der Waals surface area contributed by atoms with Crippen LogP contribution in [0.3, 0.4) is 0 Å². The molecule has 0 saturated heterocycles. The fraction of sp³-hybridized carbons (Fsp3) is 0.286. The van der Waals surface area contributed by atoms with E-state index >= 15 is 0 Å². The van der Waals surface area contributed by atoms with Crippen LogP contribution in [0.5, 0.6) is 0 Å². The molecule has 0 bridgehead atoms. The quantitative estimate of drug-likeness (QED) is 0.820. The minimum Gasteiger partial charge on any atom is -0.481 e. The summed E-state index contributed by atoms with van der Waals surface area (Å²) >= 11 is 3.38. The standard InChI is InChI=1S/C14H15NO2S2/c1-2-18-12-6-3-10(4-7-12)14-15-11(9-19-14)5-8-13(16)17/h3-4,6-7,9H,2,5,8H2,1H3,(H,16,17). The molecule has 1 heterocycles. The molecule has 0 aliphatic heterocycles. The van der Waals surface area contributed by atoms with E-state index < -0.39 is 5.97 Å². The molecule has 1 aromatic carbocycles. The zero-order valence-electron chi connectivity index (χ0n) is 10.6. The Hall–Kier alpha value is -1.33. The number of carbonyl (C=O) groups is 1. The molecule has 1 aromatic heterocycles. The summed E-state index contributed by atoms with van der Waals surface area (Å²) in [5.74, 6) is 0.283. The highest BCUT2D eigenvalue weighted by Crippen LogP contribution is 2.27. The summed E-state index contributed by atoms with van der Waals surface area (Å²) in [5, 5.41) is 11.5. The highest BCUT2D eigenvalue weighted by atomic mass is 32.2. The van der Waals surface area contributed by atoms with Crippen LogP contribution in [0.2, 0.25) is 0 Å². The monoisotopic (exact) mass is 293 g/mol. The summed E-state index contributed by atoms with van der Waals surface area (Å²) in [4.78, 5) is 16.3. The van der Waals surface area contributed by atoms with Gasteiger partial charge in [0.25, 0.3) is 0 Å². The van der Waals surface area contributed by atoms with E-state index in [1.54, 1.807) is 11.3 Å². The van der Waals surface area contributed by atoms with Gasteiger partial charge in [-0.05, 0) is 17.9 Å². The number of aryl methyl sites for hydroxylation is 1. The van der Waals surface area contributed by atoms with E-state index in [-0.39, 0.29) is 6.42 Å². The van der Waals surface area contributed by atoms with Crippen LogP contribution >= 0.6 is 23.1 Å². The normalized spacial score (nSPS) is 10.6. The number of thioether (sulfide) groups is 1. The summed E-state index contributed by atoms with van der Waals surface area (Å²) in [6.07, 6.45) is 0.630. The Morgan fingerprint density at radius 3 is 2.74 bits per heavy atom. The van der Waals surface area contributed by atoms with Crippen LogP contribution in [0.4, 0.5) is 0 Å². The molecule has 0 aliphatic rings. The van der Waals surface area contributed by atoms with Gasteiger partial charge in [0.1, 0.15) is 5.01 Å². The summed E-state index contributed by atoms with van der Waals surface area (Å²) in [6.45, 7) is 2.13. The second kappa shape index (κ2) is 6.73. The number of rotatable bonds is 6. The third kappa shape index (κ3) is 4.08. The Kier molecular flexibility index (Phi) is 4.99. The molecule has 0 radical (unpaired) electrons. The molecule has 100 valence electrons. The Labute approximate surface area is 120 Å². The maximum atomic E-state index is 10.5. The van der Waals surface area contributed by atoms with Crippen molar-refractivity contribution in [3.05, 3.63) is 35.3 Å². The summed E-state index contributed by atoms with van der Waals surface area (Å²) in [7, 11) is 0. The molecule has 0 aliphatic carbocycles. The molecule has 1 N–H and O–H groups in total. The molecule has 0 spiro atoms. The molecule has 0 saturated carbocycles. The van der Waals surface area contributed by atoms with Crippen molar-refractivity contribution in [1.29, 1.82) is 0 Å². The predicted octanol–water partition coefficient (Wildman–Crippen LogP) is 3.94. The van der Waals surface area contributed by atoms with E-state index in [1.807, 2.05) is 17.1 Å². The highest BCUT2D eigenvalue weighted by Gasteiger charge is 2.06. The summed E-state index contributed by atoms with van der Waals surface area (Å²) in [5.41, 5.74) is 1.95. The van der Waals surface area contributed by atoms with E-state index in [2.05, 4.69) is 36.2 Å². The van der Waals surface area contributed by atoms with Gasteiger partial charge < -0.3 is 5.11 Å². The molecular weight excluding hydrogens is 278 g/mol. The van der Waals surface area contributed by atoms with Crippen molar-refractivity contribution < 1.29 is 9.90 Å². The van der Waals surface area contributed by atoms with Crippen molar-refractivity contribution in [3.8, 4) is 10.6 Å². The molecule has 0 fully saturated rings. The van der Waals surface area contributed by atoms with Crippen LogP contribution in [0.15, 0.2) is 34.5 Å². The lowest BCUT2D eigenvalue weighted by Gasteiger charge is -2.00. The molecular formula is C14H15NO2S2. The maximum absolute atomic E-state index is 10.5. The number of thiazole rings is 1. The number of benzene rings is 1. The first-order valence-electron chi connectivity index (χ1n) is 6.08. The van der Waals surface area contributed by atoms with Crippen molar-refractivity contribution in [2.75, 3.05) is 5.75 Å². The molecule has 19 heavy (non-hydrogen) atoms. The number of nitrogens with zero attached hydrogens (tertiary/aromatic N) is 1. The van der Waals surface area contributed by atoms with Gasteiger partial charge in [0.15, 0.2) is 0 Å². The van der Waals surface area contributed by atoms with Gasteiger partial charge in [-0.15, -0.1) is 23.1 Å². The number of hydrogen-bond acceptors (Lipinski definition) is 4. The summed E-state index contributed by atoms with van der Waals surface area (Å²) in [6, 6.07) is 8.33. The van der Waals surface area contributed by atoms with Crippen molar-refractivity contribution in [2.24, 2.45) is 0 Å². The SMILES string of the molecule is CCSc1ccc(-c2nc(CCC(=O)O)cs2)cc1. The smallest absolute Gasteiger partial charge is 0.303 e. The second-order valence-electron chi connectivity index (χ2n) is 4.00. The van der Waals surface area contributed by atoms with Crippen LogP contribution in [-0.2, 0) is 11.2 Å². The Bertz CT molecular complexity index is 549. The first kappa shape index (κ1) is 14.1. The van der Waals surface area contributed by atoms with E-state index in [0.717, 1.165) is 22.0 Å². The van der Waals surface area contributed by atoms with Gasteiger partial charge in [-0.3, -0.25) is 4.79 Å². The lowest BCUT2D eigenvalue weighted by atomic mass is 10.2. The number of aromatic nitrogens is 1. The molecule has 5 heteroatoms. The van der Waals surface area contributed by atoms with Crippen molar-refractivity contribution in [2.45, 2.75) is 24.7 Å². The minimum absolute atomic E-state index is 0.134.